The van der Waals surface area contributed by atoms with Crippen LogP contribution in [0, 0.1) is 22.7 Å². The van der Waals surface area contributed by atoms with Crippen molar-refractivity contribution in [1.82, 2.24) is 19.2 Å². The smallest absolute Gasteiger partial charge is 0.287 e. The number of imidazole rings is 1. The van der Waals surface area contributed by atoms with Crippen molar-refractivity contribution >= 4 is 33.2 Å². The van der Waals surface area contributed by atoms with Crippen LogP contribution in [0.2, 0.25) is 0 Å². The van der Waals surface area contributed by atoms with E-state index in [9.17, 15) is 8.42 Å². The molecule has 2 aromatic heterocycles. The van der Waals surface area contributed by atoms with E-state index in [4.69, 9.17) is 10.5 Å². The fourth-order valence-electron chi connectivity index (χ4n) is 3.24. The van der Waals surface area contributed by atoms with Crippen LogP contribution >= 0.6 is 0 Å². The molecule has 2 aromatic carbocycles. The molecular formula is C20H11N9O2S. The lowest BCUT2D eigenvalue weighted by atomic mass is 10.1. The number of nitrogens with zero attached hydrogens (tertiary/aromatic N) is 7. The molecule has 0 saturated heterocycles. The van der Waals surface area contributed by atoms with Gasteiger partial charge in [0.25, 0.3) is 10.0 Å². The first-order valence-corrected chi connectivity index (χ1v) is 10.6. The van der Waals surface area contributed by atoms with Crippen molar-refractivity contribution in [2.75, 3.05) is 5.32 Å². The molecule has 1 aliphatic heterocycles. The van der Waals surface area contributed by atoms with Gasteiger partial charge in [-0.25, -0.2) is 0 Å². The summed E-state index contributed by atoms with van der Waals surface area (Å²) in [5.41, 5.74) is 1.28. The molecule has 0 aliphatic carbocycles. The summed E-state index contributed by atoms with van der Waals surface area (Å²) in [6, 6.07) is 19.0. The van der Waals surface area contributed by atoms with Gasteiger partial charge in [0.2, 0.25) is 5.95 Å². The van der Waals surface area contributed by atoms with Crippen molar-refractivity contribution < 1.29 is 8.42 Å². The molecule has 11 nitrogen and oxygen atoms in total. The minimum atomic E-state index is -3.97. The van der Waals surface area contributed by atoms with Gasteiger partial charge in [-0.2, -0.15) is 29.0 Å². The lowest BCUT2D eigenvalue weighted by Gasteiger charge is -2.19. The molecule has 4 aromatic rings. The van der Waals surface area contributed by atoms with Gasteiger partial charge in [-0.15, -0.1) is 14.3 Å². The Kier molecular flexibility index (Phi) is 4.29. The van der Waals surface area contributed by atoms with Crippen LogP contribution in [-0.2, 0) is 10.0 Å². The normalized spacial score (nSPS) is 13.6. The third kappa shape index (κ3) is 2.91. The molecule has 0 saturated carbocycles. The Bertz CT molecular complexity index is 1550. The van der Waals surface area contributed by atoms with E-state index in [0.717, 1.165) is 4.09 Å². The molecule has 0 fully saturated rings. The van der Waals surface area contributed by atoms with E-state index >= 15 is 0 Å². The number of para-hydroxylation sites is 1. The number of aromatic nitrogens is 4. The second kappa shape index (κ2) is 7.16. The summed E-state index contributed by atoms with van der Waals surface area (Å²) in [5, 5.41) is 33.7. The Labute approximate surface area is 181 Å². The fourth-order valence-corrected chi connectivity index (χ4v) is 4.64. The zero-order valence-corrected chi connectivity index (χ0v) is 16.9. The Morgan fingerprint density at radius 2 is 1.72 bits per heavy atom. The first-order valence-electron chi connectivity index (χ1n) is 9.15. The molecule has 0 atom stereocenters. The topological polar surface area (TPSA) is 165 Å². The fraction of sp³-hybridized carbons (Fsp3) is 0. The van der Waals surface area contributed by atoms with Crippen molar-refractivity contribution in [3.8, 4) is 23.4 Å². The summed E-state index contributed by atoms with van der Waals surface area (Å²) in [4.78, 5) is 6.59. The van der Waals surface area contributed by atoms with Crippen molar-refractivity contribution in [3.05, 3.63) is 66.0 Å². The molecule has 5 rings (SSSR count). The van der Waals surface area contributed by atoms with Crippen molar-refractivity contribution in [2.24, 2.45) is 10.2 Å². The highest BCUT2D eigenvalue weighted by molar-refractivity contribution is 7.90. The first kappa shape index (κ1) is 19.2. The second-order valence-electron chi connectivity index (χ2n) is 6.59. The summed E-state index contributed by atoms with van der Waals surface area (Å²) >= 11 is 0. The number of azo groups is 1. The first-order chi connectivity index (χ1) is 15.5. The van der Waals surface area contributed by atoms with E-state index in [2.05, 4.69) is 30.6 Å². The van der Waals surface area contributed by atoms with Gasteiger partial charge in [-0.3, -0.25) is 0 Å². The van der Waals surface area contributed by atoms with Crippen LogP contribution in [0.25, 0.3) is 11.3 Å². The average molecular weight is 441 g/mol. The molecule has 0 spiro atoms. The van der Waals surface area contributed by atoms with E-state index in [-0.39, 0.29) is 39.4 Å². The number of H-pyrrole nitrogens is 1. The molecule has 12 heteroatoms. The number of aromatic amines is 1. The van der Waals surface area contributed by atoms with Gasteiger partial charge in [0.05, 0.1) is 5.69 Å². The summed E-state index contributed by atoms with van der Waals surface area (Å²) in [7, 11) is -3.97. The maximum absolute atomic E-state index is 13.2. The van der Waals surface area contributed by atoms with Crippen LogP contribution in [0.5, 0.6) is 0 Å². The van der Waals surface area contributed by atoms with Gasteiger partial charge in [0.1, 0.15) is 22.7 Å². The Morgan fingerprint density at radius 3 is 2.44 bits per heavy atom. The maximum Gasteiger partial charge on any atom is 0.287 e. The summed E-state index contributed by atoms with van der Waals surface area (Å²) in [6.07, 6.45) is 0. The predicted octanol–water partition coefficient (Wildman–Crippen LogP) is 3.73. The summed E-state index contributed by atoms with van der Waals surface area (Å²) < 4.78 is 27.3. The van der Waals surface area contributed by atoms with E-state index in [1.807, 2.05) is 12.1 Å². The molecule has 0 bridgehead atoms. The molecule has 0 unspecified atom stereocenters. The molecule has 0 radical (unpaired) electrons. The largest absolute Gasteiger partial charge is 0.336 e. The lowest BCUT2D eigenvalue weighted by Crippen LogP contribution is -2.22. The summed E-state index contributed by atoms with van der Waals surface area (Å²) in [6.45, 7) is 0. The Morgan fingerprint density at radius 1 is 0.969 bits per heavy atom. The van der Waals surface area contributed by atoms with Crippen LogP contribution in [0.1, 0.15) is 11.4 Å². The highest BCUT2D eigenvalue weighted by Gasteiger charge is 2.34. The van der Waals surface area contributed by atoms with E-state index in [1.165, 1.54) is 6.07 Å². The standard InChI is InChI=1S/C20H11N9O2S/c21-10-14-15(11-22)25-20(24-14)27-26-18-17(12-6-2-1-3-7-12)28-29-19(18)23-13-8-4-5-9-16(13)32(29,30)31/h1-9,23H,(H,24,25)/b27-26+. The average Bonchev–Trinajstić information content (AvgIpc) is 3.39. The number of fused-ring (bicyclic) bond motifs is 2. The molecule has 3 heterocycles. The number of anilines is 2. The van der Waals surface area contributed by atoms with Crippen molar-refractivity contribution in [3.63, 3.8) is 0 Å². The van der Waals surface area contributed by atoms with Crippen LogP contribution in [-0.4, -0.2) is 27.6 Å². The number of hydrogen-bond donors (Lipinski definition) is 2. The number of nitriles is 2. The van der Waals surface area contributed by atoms with Crippen molar-refractivity contribution in [1.29, 1.82) is 10.5 Å². The molecule has 1 aliphatic rings. The van der Waals surface area contributed by atoms with Crippen LogP contribution in [0.15, 0.2) is 69.7 Å². The Hall–Kier alpha value is -4.81. The van der Waals surface area contributed by atoms with E-state index in [0.29, 0.717) is 11.3 Å². The zero-order chi connectivity index (χ0) is 22.3. The third-order valence-corrected chi connectivity index (χ3v) is 6.31. The van der Waals surface area contributed by atoms with Crippen molar-refractivity contribution in [2.45, 2.75) is 4.90 Å². The van der Waals surface area contributed by atoms with E-state index in [1.54, 1.807) is 48.5 Å². The number of rotatable bonds is 3. The summed E-state index contributed by atoms with van der Waals surface area (Å²) in [5.74, 6) is 0.0370. The number of hydrogen-bond acceptors (Lipinski definition) is 9. The van der Waals surface area contributed by atoms with Gasteiger partial charge in [0, 0.05) is 5.56 Å². The minimum Gasteiger partial charge on any atom is -0.336 e. The third-order valence-electron chi connectivity index (χ3n) is 4.68. The monoisotopic (exact) mass is 441 g/mol. The molecular weight excluding hydrogens is 430 g/mol. The molecule has 0 amide bonds. The van der Waals surface area contributed by atoms with Gasteiger partial charge >= 0.3 is 0 Å². The Balaban J connectivity index is 1.71. The highest BCUT2D eigenvalue weighted by atomic mass is 32.2. The van der Waals surface area contributed by atoms with Crippen LogP contribution < -0.4 is 5.32 Å². The number of benzene rings is 2. The number of nitrogens with one attached hydrogen (secondary N) is 2. The van der Waals surface area contributed by atoms with Gasteiger partial charge in [-0.05, 0) is 12.1 Å². The second-order valence-corrected chi connectivity index (χ2v) is 8.32. The zero-order valence-electron chi connectivity index (χ0n) is 16.1. The van der Waals surface area contributed by atoms with Gasteiger partial charge in [-0.1, -0.05) is 42.5 Å². The van der Waals surface area contributed by atoms with Gasteiger partial charge in [0.15, 0.2) is 22.9 Å². The highest BCUT2D eigenvalue weighted by Crippen LogP contribution is 2.44. The lowest BCUT2D eigenvalue weighted by molar-refractivity contribution is 0.580. The predicted molar refractivity (Wildman–Crippen MR) is 112 cm³/mol. The quantitative estimate of drug-likeness (QED) is 0.402. The minimum absolute atomic E-state index is 0.0450. The maximum atomic E-state index is 13.2. The molecule has 32 heavy (non-hydrogen) atoms. The van der Waals surface area contributed by atoms with Crippen LogP contribution in [0.4, 0.5) is 23.1 Å². The van der Waals surface area contributed by atoms with Crippen LogP contribution in [0.3, 0.4) is 0 Å². The van der Waals surface area contributed by atoms with E-state index < -0.39 is 10.0 Å². The van der Waals surface area contributed by atoms with Gasteiger partial charge < -0.3 is 10.3 Å². The SMILES string of the molecule is N#Cc1nc(/N=N/c2c(-c3ccccc3)nn3c2Nc2ccccc2S3(=O)=O)[nH]c1C#N. The molecule has 2 N–H and O–H groups in total. The molecule has 154 valence electrons.